The van der Waals surface area contributed by atoms with E-state index in [1.807, 2.05) is 0 Å². The van der Waals surface area contributed by atoms with Gasteiger partial charge < -0.3 is 33.3 Å². The molecule has 0 aromatic heterocycles. The summed E-state index contributed by atoms with van der Waals surface area (Å²) in [5, 5.41) is 3.16. The third kappa shape index (κ3) is 4.17. The zero-order chi connectivity index (χ0) is 21.2. The van der Waals surface area contributed by atoms with Gasteiger partial charge in [0.15, 0.2) is 23.6 Å². The molecule has 4 aliphatic rings. The predicted octanol–water partition coefficient (Wildman–Crippen LogP) is 2.62. The number of allylic oxidation sites excluding steroid dienone is 1. The molecule has 3 fully saturated rings. The summed E-state index contributed by atoms with van der Waals surface area (Å²) in [5.74, 6) is -1.69. The molecule has 6 atom stereocenters. The third-order valence-electron chi connectivity index (χ3n) is 4.98. The average Bonchev–Trinajstić information content (AvgIpc) is 3.18. The van der Waals surface area contributed by atoms with Crippen molar-refractivity contribution in [3.05, 3.63) is 11.6 Å². The first-order valence-electron chi connectivity index (χ1n) is 9.32. The van der Waals surface area contributed by atoms with Crippen molar-refractivity contribution in [2.45, 2.75) is 89.4 Å². The van der Waals surface area contributed by atoms with E-state index in [-0.39, 0.29) is 12.2 Å². The second-order valence-corrected chi connectivity index (χ2v) is 8.34. The van der Waals surface area contributed by atoms with Crippen molar-refractivity contribution in [3.8, 4) is 0 Å². The second-order valence-electron chi connectivity index (χ2n) is 8.34. The molecule has 4 rings (SSSR count). The quantitative estimate of drug-likeness (QED) is 0.691. The van der Waals surface area contributed by atoms with E-state index in [0.717, 1.165) is 6.08 Å². The van der Waals surface area contributed by atoms with Gasteiger partial charge in [0, 0.05) is 0 Å². The largest absolute Gasteiger partial charge is 0.436 e. The molecule has 4 aliphatic heterocycles. The number of hydrogen-bond donors (Lipinski definition) is 0. The fraction of sp³-hybridized carbons (Fsp3) is 0.833. The van der Waals surface area contributed by atoms with Gasteiger partial charge in [-0.3, -0.25) is 0 Å². The van der Waals surface area contributed by atoms with Gasteiger partial charge in [0.05, 0.1) is 6.61 Å². The van der Waals surface area contributed by atoms with Crippen LogP contribution in [-0.2, 0) is 33.3 Å². The summed E-state index contributed by atoms with van der Waals surface area (Å²) in [5.41, 5.74) is -0.903. The number of halogens is 3. The molecule has 0 aliphatic carbocycles. The Bertz CT molecular complexity index is 721. The smallest absolute Gasteiger partial charge is 0.358 e. The number of fused-ring (bicyclic) bond motifs is 1. The molecular weight excluding hydrogens is 399 g/mol. The zero-order valence-electron chi connectivity index (χ0n) is 16.7. The Kier molecular flexibility index (Phi) is 4.99. The van der Waals surface area contributed by atoms with Gasteiger partial charge >= 0.3 is 6.18 Å². The Labute approximate surface area is 165 Å². The van der Waals surface area contributed by atoms with Crippen LogP contribution in [0.4, 0.5) is 13.2 Å². The summed E-state index contributed by atoms with van der Waals surface area (Å²) >= 11 is 0. The van der Waals surface area contributed by atoms with Crippen LogP contribution in [0.15, 0.2) is 16.8 Å². The lowest BCUT2D eigenvalue weighted by molar-refractivity contribution is -0.251. The van der Waals surface area contributed by atoms with Crippen molar-refractivity contribution >= 4 is 5.71 Å². The molecule has 8 nitrogen and oxygen atoms in total. The standard InChI is InChI=1S/C18H24F3NO7/c1-8-6-10(18(19,20)21)22-29-14(8)25-12-11(9-7-23-16(2,3)26-9)24-15-13(12)27-17(4,5)28-15/h6,9,11-15H,7H2,1-5H3/t9-,11-,12+,13-,14+,15-/m1/s1. The van der Waals surface area contributed by atoms with Crippen molar-refractivity contribution in [2.24, 2.45) is 5.16 Å². The first kappa shape index (κ1) is 21.0. The Hall–Kier alpha value is -1.24. The Morgan fingerprint density at radius 1 is 1.07 bits per heavy atom. The fourth-order valence-corrected chi connectivity index (χ4v) is 3.74. The van der Waals surface area contributed by atoms with E-state index < -0.39 is 60.5 Å². The molecule has 0 N–H and O–H groups in total. The highest BCUT2D eigenvalue weighted by Gasteiger charge is 2.59. The van der Waals surface area contributed by atoms with Crippen LogP contribution in [0, 0.1) is 0 Å². The van der Waals surface area contributed by atoms with Gasteiger partial charge in [0.25, 0.3) is 0 Å². The highest BCUT2D eigenvalue weighted by atomic mass is 19.4. The molecule has 0 spiro atoms. The van der Waals surface area contributed by atoms with Crippen LogP contribution in [0.1, 0.15) is 34.6 Å². The van der Waals surface area contributed by atoms with Crippen LogP contribution in [0.5, 0.6) is 0 Å². The van der Waals surface area contributed by atoms with Gasteiger partial charge in [-0.2, -0.15) is 13.2 Å². The molecule has 0 amide bonds. The Morgan fingerprint density at radius 2 is 1.79 bits per heavy atom. The van der Waals surface area contributed by atoms with E-state index in [1.54, 1.807) is 27.7 Å². The monoisotopic (exact) mass is 423 g/mol. The maximum absolute atomic E-state index is 12.9. The molecule has 0 aromatic carbocycles. The maximum Gasteiger partial charge on any atom is 0.436 e. The first-order valence-corrected chi connectivity index (χ1v) is 9.32. The van der Waals surface area contributed by atoms with E-state index in [2.05, 4.69) is 5.16 Å². The molecule has 0 saturated carbocycles. The van der Waals surface area contributed by atoms with Crippen molar-refractivity contribution < 1.29 is 46.4 Å². The summed E-state index contributed by atoms with van der Waals surface area (Å²) in [4.78, 5) is 5.00. The predicted molar refractivity (Wildman–Crippen MR) is 90.6 cm³/mol. The molecule has 0 aromatic rings. The summed E-state index contributed by atoms with van der Waals surface area (Å²) in [6.45, 7) is 8.76. The summed E-state index contributed by atoms with van der Waals surface area (Å²) in [6, 6.07) is 0. The Morgan fingerprint density at radius 3 is 2.38 bits per heavy atom. The third-order valence-corrected chi connectivity index (χ3v) is 4.98. The highest BCUT2D eigenvalue weighted by molar-refractivity contribution is 5.99. The van der Waals surface area contributed by atoms with E-state index in [1.165, 1.54) is 6.92 Å². The summed E-state index contributed by atoms with van der Waals surface area (Å²) in [6.07, 6.45) is -8.01. The molecule has 0 bridgehead atoms. The lowest BCUT2D eigenvalue weighted by atomic mass is 10.1. The fourth-order valence-electron chi connectivity index (χ4n) is 3.74. The lowest BCUT2D eigenvalue weighted by Gasteiger charge is -2.31. The SMILES string of the molecule is CC1=CC(C(F)(F)F)=NO[C@@H]1O[C@@H]1[C@H]2OC(C)(C)O[C@H]2O[C@@H]1[C@H]1COC(C)(C)O1. The number of ether oxygens (including phenoxy) is 6. The molecule has 29 heavy (non-hydrogen) atoms. The molecule has 0 unspecified atom stereocenters. The minimum atomic E-state index is -4.61. The van der Waals surface area contributed by atoms with Gasteiger partial charge in [-0.05, 0) is 46.3 Å². The van der Waals surface area contributed by atoms with Crippen LogP contribution >= 0.6 is 0 Å². The normalized spacial score (nSPS) is 41.0. The summed E-state index contributed by atoms with van der Waals surface area (Å²) in [7, 11) is 0. The number of rotatable bonds is 3. The lowest BCUT2D eigenvalue weighted by Crippen LogP contribution is -2.46. The maximum atomic E-state index is 12.9. The van der Waals surface area contributed by atoms with Crippen molar-refractivity contribution in [1.29, 1.82) is 0 Å². The highest BCUT2D eigenvalue weighted by Crippen LogP contribution is 2.43. The molecule has 11 heteroatoms. The van der Waals surface area contributed by atoms with Crippen LogP contribution in [0.2, 0.25) is 0 Å². The minimum Gasteiger partial charge on any atom is -0.358 e. The van der Waals surface area contributed by atoms with Crippen LogP contribution < -0.4 is 0 Å². The van der Waals surface area contributed by atoms with Gasteiger partial charge in [0.2, 0.25) is 6.29 Å². The second kappa shape index (κ2) is 6.89. The molecule has 0 radical (unpaired) electrons. The average molecular weight is 423 g/mol. The van der Waals surface area contributed by atoms with Gasteiger partial charge in [-0.15, -0.1) is 0 Å². The van der Waals surface area contributed by atoms with Crippen molar-refractivity contribution in [3.63, 3.8) is 0 Å². The number of nitrogens with zero attached hydrogens (tertiary/aromatic N) is 1. The topological polar surface area (TPSA) is 77.0 Å². The van der Waals surface area contributed by atoms with Crippen molar-refractivity contribution in [1.82, 2.24) is 0 Å². The van der Waals surface area contributed by atoms with E-state index in [9.17, 15) is 13.2 Å². The number of oxime groups is 1. The van der Waals surface area contributed by atoms with Gasteiger partial charge in [-0.1, -0.05) is 5.16 Å². The van der Waals surface area contributed by atoms with Crippen LogP contribution in [0.25, 0.3) is 0 Å². The van der Waals surface area contributed by atoms with E-state index >= 15 is 0 Å². The van der Waals surface area contributed by atoms with Gasteiger partial charge in [-0.25, -0.2) is 0 Å². The van der Waals surface area contributed by atoms with Crippen LogP contribution in [-0.4, -0.2) is 67.1 Å². The molecular formula is C18H24F3NO7. The minimum absolute atomic E-state index is 0.219. The number of hydrogen-bond acceptors (Lipinski definition) is 8. The van der Waals surface area contributed by atoms with E-state index in [0.29, 0.717) is 0 Å². The van der Waals surface area contributed by atoms with Crippen LogP contribution in [0.3, 0.4) is 0 Å². The summed E-state index contributed by atoms with van der Waals surface area (Å²) < 4.78 is 73.8. The molecule has 3 saturated heterocycles. The van der Waals surface area contributed by atoms with Crippen molar-refractivity contribution in [2.75, 3.05) is 6.61 Å². The van der Waals surface area contributed by atoms with E-state index in [4.69, 9.17) is 33.3 Å². The molecule has 4 heterocycles. The zero-order valence-corrected chi connectivity index (χ0v) is 16.7. The van der Waals surface area contributed by atoms with Gasteiger partial charge in [0.1, 0.15) is 24.4 Å². The first-order chi connectivity index (χ1) is 13.3. The Balaban J connectivity index is 1.52. The number of alkyl halides is 3. The molecule has 164 valence electrons.